The highest BCUT2D eigenvalue weighted by Gasteiger charge is 2.13. The number of halogens is 1. The molecule has 0 aliphatic carbocycles. The van der Waals surface area contributed by atoms with E-state index in [9.17, 15) is 9.90 Å². The molecular weight excluding hydrogens is 294 g/mol. The Morgan fingerprint density at radius 1 is 1.10 bits per heavy atom. The van der Waals surface area contributed by atoms with Crippen LogP contribution in [0.4, 0.5) is 0 Å². The molecule has 0 saturated carbocycles. The van der Waals surface area contributed by atoms with Crippen LogP contribution < -0.4 is 5.56 Å². The van der Waals surface area contributed by atoms with E-state index in [1.165, 1.54) is 11.8 Å². The summed E-state index contributed by atoms with van der Waals surface area (Å²) in [5.41, 5.74) is 0.198. The van der Waals surface area contributed by atoms with Crippen LogP contribution in [0.25, 0.3) is 10.9 Å². The number of hydrogen-bond donors (Lipinski definition) is 2. The molecule has 0 saturated heterocycles. The van der Waals surface area contributed by atoms with Gasteiger partial charge in [0.1, 0.15) is 10.6 Å². The molecule has 3 rings (SSSR count). The topological polar surface area (TPSA) is 53.1 Å². The van der Waals surface area contributed by atoms with Crippen molar-refractivity contribution in [1.82, 2.24) is 4.98 Å². The van der Waals surface area contributed by atoms with Crippen LogP contribution in [0.5, 0.6) is 5.75 Å². The Morgan fingerprint density at radius 3 is 2.60 bits per heavy atom. The lowest BCUT2D eigenvalue weighted by molar-refractivity contribution is 0.467. The van der Waals surface area contributed by atoms with Crippen LogP contribution >= 0.6 is 23.4 Å². The van der Waals surface area contributed by atoms with E-state index >= 15 is 0 Å². The lowest BCUT2D eigenvalue weighted by atomic mass is 10.2. The average molecular weight is 304 g/mol. The van der Waals surface area contributed by atoms with Gasteiger partial charge in [-0.15, -0.1) is 0 Å². The monoisotopic (exact) mass is 303 g/mol. The highest BCUT2D eigenvalue weighted by atomic mass is 35.5. The normalized spacial score (nSPS) is 10.8. The SMILES string of the molecule is O=c1[nH]c2cc(Cl)ccc2c(O)c1Sc1ccccc1. The summed E-state index contributed by atoms with van der Waals surface area (Å²) in [5.74, 6) is -0.0192. The van der Waals surface area contributed by atoms with Crippen molar-refractivity contribution in [3.05, 3.63) is 63.9 Å². The predicted octanol–water partition coefficient (Wildman–Crippen LogP) is 4.04. The minimum Gasteiger partial charge on any atom is -0.506 e. The third kappa shape index (κ3) is 2.40. The number of fused-ring (bicyclic) bond motifs is 1. The van der Waals surface area contributed by atoms with Crippen molar-refractivity contribution in [3.63, 3.8) is 0 Å². The molecule has 2 aromatic carbocycles. The number of pyridine rings is 1. The first-order valence-electron chi connectivity index (χ1n) is 5.92. The van der Waals surface area contributed by atoms with Gasteiger partial charge < -0.3 is 10.1 Å². The Morgan fingerprint density at radius 2 is 1.85 bits per heavy atom. The van der Waals surface area contributed by atoms with Crippen molar-refractivity contribution in [3.8, 4) is 5.75 Å². The molecule has 0 spiro atoms. The lowest BCUT2D eigenvalue weighted by Crippen LogP contribution is -2.08. The van der Waals surface area contributed by atoms with Gasteiger partial charge in [-0.2, -0.15) is 0 Å². The molecular formula is C15H10ClNO2S. The third-order valence-corrected chi connectivity index (χ3v) is 4.20. The standard InChI is InChI=1S/C15H10ClNO2S/c16-9-6-7-11-12(8-9)17-15(19)14(13(11)18)20-10-4-2-1-3-5-10/h1-8H,(H2,17,18,19). The molecule has 0 bridgehead atoms. The van der Waals surface area contributed by atoms with Crippen molar-refractivity contribution in [2.24, 2.45) is 0 Å². The maximum absolute atomic E-state index is 12.1. The molecule has 1 aromatic heterocycles. The van der Waals surface area contributed by atoms with E-state index in [4.69, 9.17) is 11.6 Å². The molecule has 3 aromatic rings. The second kappa shape index (κ2) is 5.23. The first-order valence-corrected chi connectivity index (χ1v) is 7.12. The van der Waals surface area contributed by atoms with Gasteiger partial charge in [0.2, 0.25) is 0 Å². The smallest absolute Gasteiger partial charge is 0.266 e. The fraction of sp³-hybridized carbons (Fsp3) is 0. The summed E-state index contributed by atoms with van der Waals surface area (Å²) < 4.78 is 0. The first-order chi connectivity index (χ1) is 9.65. The largest absolute Gasteiger partial charge is 0.506 e. The van der Waals surface area contributed by atoms with E-state index in [2.05, 4.69) is 4.98 Å². The number of aromatic hydroxyl groups is 1. The number of rotatable bonds is 2. The molecule has 100 valence electrons. The summed E-state index contributed by atoms with van der Waals surface area (Å²) in [7, 11) is 0. The van der Waals surface area contributed by atoms with Gasteiger partial charge in [-0.3, -0.25) is 4.79 Å². The summed E-state index contributed by atoms with van der Waals surface area (Å²) in [6.45, 7) is 0. The number of hydrogen-bond acceptors (Lipinski definition) is 3. The number of benzene rings is 2. The zero-order valence-electron chi connectivity index (χ0n) is 10.3. The van der Waals surface area contributed by atoms with Gasteiger partial charge in [-0.25, -0.2) is 0 Å². The number of aromatic nitrogens is 1. The molecule has 3 nitrogen and oxygen atoms in total. The summed E-state index contributed by atoms with van der Waals surface area (Å²) in [6, 6.07) is 14.4. The lowest BCUT2D eigenvalue weighted by Gasteiger charge is -2.07. The van der Waals surface area contributed by atoms with Crippen LogP contribution in [0.3, 0.4) is 0 Å². The van der Waals surface area contributed by atoms with Gasteiger partial charge in [0.25, 0.3) is 5.56 Å². The molecule has 5 heteroatoms. The third-order valence-electron chi connectivity index (χ3n) is 2.87. The van der Waals surface area contributed by atoms with Crippen LogP contribution in [-0.2, 0) is 0 Å². The fourth-order valence-electron chi connectivity index (χ4n) is 1.94. The summed E-state index contributed by atoms with van der Waals surface area (Å²) in [5, 5.41) is 11.4. The number of H-pyrrole nitrogens is 1. The molecule has 20 heavy (non-hydrogen) atoms. The molecule has 0 aliphatic heterocycles. The Hall–Kier alpha value is -1.91. The first kappa shape index (κ1) is 13.1. The van der Waals surface area contributed by atoms with Gasteiger partial charge in [0.05, 0.1) is 5.52 Å². The zero-order valence-corrected chi connectivity index (χ0v) is 11.8. The Balaban J connectivity index is 2.16. The van der Waals surface area contributed by atoms with E-state index in [1.54, 1.807) is 18.2 Å². The van der Waals surface area contributed by atoms with Crippen LogP contribution in [-0.4, -0.2) is 10.1 Å². The highest BCUT2D eigenvalue weighted by molar-refractivity contribution is 7.99. The van der Waals surface area contributed by atoms with Crippen molar-refractivity contribution in [1.29, 1.82) is 0 Å². The zero-order chi connectivity index (χ0) is 14.1. The predicted molar refractivity (Wildman–Crippen MR) is 81.8 cm³/mol. The average Bonchev–Trinajstić information content (AvgIpc) is 2.44. The Kier molecular flexibility index (Phi) is 3.42. The molecule has 0 atom stereocenters. The molecule has 1 heterocycles. The van der Waals surface area contributed by atoms with E-state index in [0.29, 0.717) is 15.9 Å². The van der Waals surface area contributed by atoms with Crippen molar-refractivity contribution < 1.29 is 5.11 Å². The maximum Gasteiger partial charge on any atom is 0.266 e. The molecule has 2 N–H and O–H groups in total. The minimum atomic E-state index is -0.328. The summed E-state index contributed by atoms with van der Waals surface area (Å²) in [4.78, 5) is 16.0. The van der Waals surface area contributed by atoms with E-state index in [0.717, 1.165) is 4.90 Å². The van der Waals surface area contributed by atoms with Crippen LogP contribution in [0.2, 0.25) is 5.02 Å². The summed E-state index contributed by atoms with van der Waals surface area (Å²) in [6.07, 6.45) is 0. The van der Waals surface area contributed by atoms with Crippen molar-refractivity contribution >= 4 is 34.3 Å². The molecule has 0 amide bonds. The molecule has 0 aliphatic rings. The van der Waals surface area contributed by atoms with E-state index < -0.39 is 0 Å². The van der Waals surface area contributed by atoms with Gasteiger partial charge in [-0.1, -0.05) is 41.6 Å². The second-order valence-electron chi connectivity index (χ2n) is 4.24. The highest BCUT2D eigenvalue weighted by Crippen LogP contribution is 2.35. The number of aromatic amines is 1. The Bertz CT molecular complexity index is 830. The van der Waals surface area contributed by atoms with E-state index in [-0.39, 0.29) is 16.2 Å². The van der Waals surface area contributed by atoms with E-state index in [1.807, 2.05) is 30.3 Å². The fourth-order valence-corrected chi connectivity index (χ4v) is 2.99. The second-order valence-corrected chi connectivity index (χ2v) is 5.76. The Labute approximate surface area is 124 Å². The van der Waals surface area contributed by atoms with Crippen LogP contribution in [0, 0.1) is 0 Å². The van der Waals surface area contributed by atoms with Gasteiger partial charge in [0, 0.05) is 15.3 Å². The van der Waals surface area contributed by atoms with Crippen LogP contribution in [0.15, 0.2) is 63.1 Å². The maximum atomic E-state index is 12.1. The van der Waals surface area contributed by atoms with Gasteiger partial charge in [0.15, 0.2) is 0 Å². The quantitative estimate of drug-likeness (QED) is 0.751. The molecule has 0 unspecified atom stereocenters. The minimum absolute atomic E-state index is 0.0192. The number of nitrogens with one attached hydrogen (secondary N) is 1. The van der Waals surface area contributed by atoms with Gasteiger partial charge in [-0.05, 0) is 30.3 Å². The van der Waals surface area contributed by atoms with Gasteiger partial charge >= 0.3 is 0 Å². The molecule has 0 fully saturated rings. The van der Waals surface area contributed by atoms with Crippen molar-refractivity contribution in [2.75, 3.05) is 0 Å². The summed E-state index contributed by atoms with van der Waals surface area (Å²) >= 11 is 7.12. The van der Waals surface area contributed by atoms with Crippen LogP contribution in [0.1, 0.15) is 0 Å². The molecule has 0 radical (unpaired) electrons. The van der Waals surface area contributed by atoms with Crippen molar-refractivity contribution in [2.45, 2.75) is 9.79 Å².